The molecule has 0 aliphatic rings. The third-order valence-electron chi connectivity index (χ3n) is 3.30. The summed E-state index contributed by atoms with van der Waals surface area (Å²) in [5.41, 5.74) is 7.23. The topological polar surface area (TPSA) is 55.1 Å². The molecule has 1 aromatic carbocycles. The zero-order chi connectivity index (χ0) is 16.1. The number of hydrogen-bond acceptors (Lipinski definition) is 2. The number of alkyl halides is 2. The Bertz CT molecular complexity index is 464. The molecule has 3 N–H and O–H groups in total. The van der Waals surface area contributed by atoms with Crippen LogP contribution < -0.4 is 11.1 Å². The zero-order valence-corrected chi connectivity index (χ0v) is 12.9. The maximum absolute atomic E-state index is 12.9. The fourth-order valence-electron chi connectivity index (χ4n) is 1.82. The molecule has 0 atom stereocenters. The summed E-state index contributed by atoms with van der Waals surface area (Å²) in [5, 5.41) is 2.21. The molecule has 1 rings (SSSR count). The summed E-state index contributed by atoms with van der Waals surface area (Å²) in [7, 11) is 0. The summed E-state index contributed by atoms with van der Waals surface area (Å²) >= 11 is 0. The van der Waals surface area contributed by atoms with E-state index < -0.39 is 19.0 Å². The number of amides is 1. The number of nitrogens with two attached hydrogens (primary N) is 1. The molecule has 21 heavy (non-hydrogen) atoms. The number of hydrogen-bond donors (Lipinski definition) is 2. The van der Waals surface area contributed by atoms with Crippen LogP contribution >= 0.6 is 0 Å². The lowest BCUT2D eigenvalue weighted by Gasteiger charge is -2.19. The highest BCUT2D eigenvalue weighted by Gasteiger charge is 2.26. The Morgan fingerprint density at radius 2 is 1.76 bits per heavy atom. The molecule has 0 aliphatic heterocycles. The van der Waals surface area contributed by atoms with Gasteiger partial charge in [0.2, 0.25) is 5.91 Å². The smallest absolute Gasteiger partial charge is 0.277 e. The van der Waals surface area contributed by atoms with E-state index in [1.165, 1.54) is 5.56 Å². The molecule has 1 amide bonds. The van der Waals surface area contributed by atoms with E-state index in [1.807, 2.05) is 24.3 Å². The highest BCUT2D eigenvalue weighted by molar-refractivity contribution is 5.76. The van der Waals surface area contributed by atoms with Crippen LogP contribution in [0.5, 0.6) is 0 Å². The van der Waals surface area contributed by atoms with Gasteiger partial charge in [0.05, 0.1) is 13.1 Å². The Labute approximate surface area is 124 Å². The minimum absolute atomic E-state index is 0.0870. The first-order chi connectivity index (χ1) is 9.64. The molecule has 0 saturated carbocycles. The fraction of sp³-hybridized carbons (Fsp3) is 0.562. The molecule has 0 saturated heterocycles. The van der Waals surface area contributed by atoms with Crippen LogP contribution in [0.15, 0.2) is 24.3 Å². The first-order valence-corrected chi connectivity index (χ1v) is 7.08. The van der Waals surface area contributed by atoms with Gasteiger partial charge in [0.1, 0.15) is 0 Å². The SMILES string of the molecule is CC(C)(C)c1ccc(CCC(=O)NCC(F)(F)CN)cc1. The Balaban J connectivity index is 2.43. The lowest BCUT2D eigenvalue weighted by atomic mass is 9.86. The molecule has 0 heterocycles. The van der Waals surface area contributed by atoms with E-state index in [9.17, 15) is 13.6 Å². The summed E-state index contributed by atoms with van der Waals surface area (Å²) in [6.45, 7) is 4.93. The van der Waals surface area contributed by atoms with Gasteiger partial charge in [0.25, 0.3) is 5.92 Å². The normalized spacial score (nSPS) is 12.3. The summed E-state index contributed by atoms with van der Waals surface area (Å²) < 4.78 is 25.8. The maximum atomic E-state index is 12.9. The highest BCUT2D eigenvalue weighted by Crippen LogP contribution is 2.22. The van der Waals surface area contributed by atoms with Crippen molar-refractivity contribution >= 4 is 5.91 Å². The molecule has 0 fully saturated rings. The van der Waals surface area contributed by atoms with Gasteiger partial charge in [-0.1, -0.05) is 45.0 Å². The van der Waals surface area contributed by atoms with Gasteiger partial charge in [-0.05, 0) is 23.0 Å². The van der Waals surface area contributed by atoms with E-state index in [1.54, 1.807) is 0 Å². The molecule has 0 unspecified atom stereocenters. The summed E-state index contributed by atoms with van der Waals surface area (Å²) in [5.74, 6) is -3.42. The third-order valence-corrected chi connectivity index (χ3v) is 3.30. The first-order valence-electron chi connectivity index (χ1n) is 7.08. The van der Waals surface area contributed by atoms with Crippen molar-refractivity contribution in [3.63, 3.8) is 0 Å². The summed E-state index contributed by atoms with van der Waals surface area (Å²) in [6.07, 6.45) is 0.722. The third kappa shape index (κ3) is 6.21. The van der Waals surface area contributed by atoms with E-state index in [2.05, 4.69) is 26.1 Å². The average Bonchev–Trinajstić information content (AvgIpc) is 2.42. The molecule has 0 bridgehead atoms. The largest absolute Gasteiger partial charge is 0.350 e. The van der Waals surface area contributed by atoms with Crippen LogP contribution in [0.25, 0.3) is 0 Å². The van der Waals surface area contributed by atoms with Crippen LogP contribution in [0.2, 0.25) is 0 Å². The molecule has 0 radical (unpaired) electrons. The molecule has 5 heteroatoms. The van der Waals surface area contributed by atoms with Gasteiger partial charge >= 0.3 is 0 Å². The van der Waals surface area contributed by atoms with E-state index in [0.717, 1.165) is 5.56 Å². The van der Waals surface area contributed by atoms with Crippen LogP contribution in [0.4, 0.5) is 8.78 Å². The molecular weight excluding hydrogens is 274 g/mol. The minimum Gasteiger partial charge on any atom is -0.350 e. The predicted molar refractivity (Wildman–Crippen MR) is 80.5 cm³/mol. The van der Waals surface area contributed by atoms with Gasteiger partial charge in [-0.15, -0.1) is 0 Å². The number of rotatable bonds is 6. The van der Waals surface area contributed by atoms with Crippen molar-refractivity contribution < 1.29 is 13.6 Å². The molecule has 0 spiro atoms. The molecular formula is C16H24F2N2O. The maximum Gasteiger partial charge on any atom is 0.277 e. The minimum atomic E-state index is -3.04. The Morgan fingerprint density at radius 3 is 2.24 bits per heavy atom. The van der Waals surface area contributed by atoms with Crippen LogP contribution in [0.1, 0.15) is 38.3 Å². The van der Waals surface area contributed by atoms with Crippen molar-refractivity contribution in [1.82, 2.24) is 5.32 Å². The number of carbonyl (C=O) groups excluding carboxylic acids is 1. The van der Waals surface area contributed by atoms with Crippen molar-refractivity contribution in [3.05, 3.63) is 35.4 Å². The molecule has 3 nitrogen and oxygen atoms in total. The van der Waals surface area contributed by atoms with Crippen LogP contribution in [-0.2, 0) is 16.6 Å². The molecule has 1 aromatic rings. The second kappa shape index (κ2) is 6.98. The van der Waals surface area contributed by atoms with Crippen molar-refractivity contribution in [3.8, 4) is 0 Å². The number of halogens is 2. The van der Waals surface area contributed by atoms with Gasteiger partial charge in [0.15, 0.2) is 0 Å². The number of benzene rings is 1. The van der Waals surface area contributed by atoms with Crippen LogP contribution in [-0.4, -0.2) is 24.9 Å². The first kappa shape index (κ1) is 17.6. The predicted octanol–water partition coefficient (Wildman–Crippen LogP) is 2.63. The van der Waals surface area contributed by atoms with Crippen molar-refractivity contribution in [2.45, 2.75) is 45.0 Å². The Hall–Kier alpha value is -1.49. The average molecular weight is 298 g/mol. The standard InChI is InChI=1S/C16H24F2N2O/c1-15(2,3)13-7-4-12(5-8-13)6-9-14(21)20-11-16(17,18)10-19/h4-5,7-8H,6,9-11,19H2,1-3H3,(H,20,21). The van der Waals surface area contributed by atoms with Crippen LogP contribution in [0, 0.1) is 0 Å². The Morgan fingerprint density at radius 1 is 1.19 bits per heavy atom. The van der Waals surface area contributed by atoms with E-state index in [4.69, 9.17) is 5.73 Å². The second-order valence-corrected chi connectivity index (χ2v) is 6.28. The molecule has 0 aliphatic carbocycles. The van der Waals surface area contributed by atoms with Crippen molar-refractivity contribution in [2.75, 3.05) is 13.1 Å². The number of nitrogens with one attached hydrogen (secondary N) is 1. The second-order valence-electron chi connectivity index (χ2n) is 6.28. The van der Waals surface area contributed by atoms with E-state index in [-0.39, 0.29) is 17.7 Å². The van der Waals surface area contributed by atoms with Gasteiger partial charge in [-0.3, -0.25) is 4.79 Å². The van der Waals surface area contributed by atoms with E-state index >= 15 is 0 Å². The zero-order valence-electron chi connectivity index (χ0n) is 12.9. The number of carbonyl (C=O) groups is 1. The van der Waals surface area contributed by atoms with Gasteiger partial charge in [0, 0.05) is 6.42 Å². The summed E-state index contributed by atoms with van der Waals surface area (Å²) in [6, 6.07) is 8.02. The quantitative estimate of drug-likeness (QED) is 0.848. The van der Waals surface area contributed by atoms with Gasteiger partial charge in [-0.25, -0.2) is 8.78 Å². The summed E-state index contributed by atoms with van der Waals surface area (Å²) in [4.78, 5) is 11.5. The lowest BCUT2D eigenvalue weighted by molar-refractivity contribution is -0.122. The molecule has 118 valence electrons. The van der Waals surface area contributed by atoms with E-state index in [0.29, 0.717) is 6.42 Å². The lowest BCUT2D eigenvalue weighted by Crippen LogP contribution is -2.41. The monoisotopic (exact) mass is 298 g/mol. The van der Waals surface area contributed by atoms with Crippen molar-refractivity contribution in [2.24, 2.45) is 5.73 Å². The van der Waals surface area contributed by atoms with Gasteiger partial charge in [-0.2, -0.15) is 0 Å². The van der Waals surface area contributed by atoms with Crippen LogP contribution in [0.3, 0.4) is 0 Å². The molecule has 0 aromatic heterocycles. The van der Waals surface area contributed by atoms with Crippen molar-refractivity contribution in [1.29, 1.82) is 0 Å². The number of aryl methyl sites for hydroxylation is 1. The fourth-order valence-corrected chi connectivity index (χ4v) is 1.82. The highest BCUT2D eigenvalue weighted by atomic mass is 19.3. The Kier molecular flexibility index (Phi) is 5.84. The van der Waals surface area contributed by atoms with Gasteiger partial charge < -0.3 is 11.1 Å².